The number of hydrogen-bond donors (Lipinski definition) is 1. The van der Waals surface area contributed by atoms with E-state index in [2.05, 4.69) is 43.1 Å². The van der Waals surface area contributed by atoms with Gasteiger partial charge in [0.25, 0.3) is 0 Å². The van der Waals surface area contributed by atoms with Gasteiger partial charge < -0.3 is 14.8 Å². The number of halogens is 1. The molecule has 0 spiro atoms. The van der Waals surface area contributed by atoms with Crippen molar-refractivity contribution >= 4 is 23.0 Å². The zero-order valence-electron chi connectivity index (χ0n) is 17.5. The summed E-state index contributed by atoms with van der Waals surface area (Å²) in [5.74, 6) is -0.232. The highest BCUT2D eigenvalue weighted by Gasteiger charge is 2.42. The second kappa shape index (κ2) is 8.51. The molecule has 3 aromatic heterocycles. The van der Waals surface area contributed by atoms with E-state index >= 15 is 0 Å². The highest BCUT2D eigenvalue weighted by molar-refractivity contribution is 7.80. The number of thiocarbonyl (C=S) groups is 1. The largest absolute Gasteiger partial charge is 0.351 e. The molecule has 0 amide bonds. The molecule has 32 heavy (non-hydrogen) atoms. The molecule has 4 heterocycles. The van der Waals surface area contributed by atoms with Crippen LogP contribution in [0.2, 0.25) is 0 Å². The molecule has 1 aromatic carbocycles. The lowest BCUT2D eigenvalue weighted by Gasteiger charge is -2.29. The SMILES string of the molecule is Cc1cc(N2C(=S)N[C@@H](c3ccccn3)[C@H]2c2cccn2Cc2cccnc2)ccc1F. The van der Waals surface area contributed by atoms with E-state index in [0.29, 0.717) is 17.2 Å². The van der Waals surface area contributed by atoms with Crippen molar-refractivity contribution in [2.45, 2.75) is 25.6 Å². The molecular formula is C25H22FN5S. The van der Waals surface area contributed by atoms with Crippen molar-refractivity contribution in [1.82, 2.24) is 19.9 Å². The number of hydrogen-bond acceptors (Lipinski definition) is 3. The normalized spacial score (nSPS) is 18.1. The lowest BCUT2D eigenvalue weighted by Crippen LogP contribution is -2.30. The predicted molar refractivity (Wildman–Crippen MR) is 127 cm³/mol. The number of anilines is 1. The zero-order chi connectivity index (χ0) is 22.1. The minimum atomic E-state index is -0.232. The van der Waals surface area contributed by atoms with Gasteiger partial charge in [0.1, 0.15) is 11.9 Å². The summed E-state index contributed by atoms with van der Waals surface area (Å²) in [4.78, 5) is 10.9. The molecule has 1 saturated heterocycles. The van der Waals surface area contributed by atoms with Gasteiger partial charge in [-0.15, -0.1) is 0 Å². The van der Waals surface area contributed by atoms with Gasteiger partial charge in [-0.3, -0.25) is 9.97 Å². The van der Waals surface area contributed by atoms with Crippen molar-refractivity contribution in [3.05, 3.63) is 114 Å². The maximum Gasteiger partial charge on any atom is 0.174 e. The monoisotopic (exact) mass is 443 g/mol. The number of rotatable bonds is 5. The molecule has 5 nitrogen and oxygen atoms in total. The van der Waals surface area contributed by atoms with E-state index in [0.717, 1.165) is 22.6 Å². The number of nitrogens with one attached hydrogen (secondary N) is 1. The van der Waals surface area contributed by atoms with Gasteiger partial charge in [0.05, 0.1) is 11.7 Å². The van der Waals surface area contributed by atoms with Crippen LogP contribution in [0.5, 0.6) is 0 Å². The van der Waals surface area contributed by atoms with Crippen LogP contribution in [0.4, 0.5) is 10.1 Å². The van der Waals surface area contributed by atoms with E-state index < -0.39 is 0 Å². The first-order valence-electron chi connectivity index (χ1n) is 10.4. The minimum Gasteiger partial charge on any atom is -0.351 e. The lowest BCUT2D eigenvalue weighted by atomic mass is 10.0. The first kappa shape index (κ1) is 20.3. The van der Waals surface area contributed by atoms with E-state index in [1.165, 1.54) is 6.07 Å². The third-order valence-corrected chi connectivity index (χ3v) is 6.08. The average Bonchev–Trinajstić information content (AvgIpc) is 3.40. The van der Waals surface area contributed by atoms with Crippen molar-refractivity contribution in [2.24, 2.45) is 0 Å². The Morgan fingerprint density at radius 3 is 2.72 bits per heavy atom. The summed E-state index contributed by atoms with van der Waals surface area (Å²) in [6.07, 6.45) is 7.50. The smallest absolute Gasteiger partial charge is 0.174 e. The molecule has 0 saturated carbocycles. The van der Waals surface area contributed by atoms with Crippen LogP contribution < -0.4 is 10.2 Å². The highest BCUT2D eigenvalue weighted by Crippen LogP contribution is 2.42. The maximum absolute atomic E-state index is 14.0. The van der Waals surface area contributed by atoms with Gasteiger partial charge >= 0.3 is 0 Å². The second-order valence-electron chi connectivity index (χ2n) is 7.85. The van der Waals surface area contributed by atoms with Gasteiger partial charge in [0, 0.05) is 42.7 Å². The highest BCUT2D eigenvalue weighted by atomic mass is 32.1. The van der Waals surface area contributed by atoms with Gasteiger partial charge in [0.2, 0.25) is 0 Å². The van der Waals surface area contributed by atoms with E-state index in [1.54, 1.807) is 25.4 Å². The average molecular weight is 444 g/mol. The standard InChI is InChI=1S/C25H22FN5S/c1-17-14-19(9-10-20(17)26)31-24(23(29-25(31)32)21-7-2-3-12-28-21)22-8-5-13-30(22)16-18-6-4-11-27-15-18/h2-15,23-24H,16H2,1H3,(H,29,32)/t23-,24+/m0/s1. The molecule has 1 fully saturated rings. The first-order chi connectivity index (χ1) is 15.6. The fraction of sp³-hybridized carbons (Fsp3) is 0.160. The fourth-order valence-corrected chi connectivity index (χ4v) is 4.59. The molecule has 1 aliphatic rings. The summed E-state index contributed by atoms with van der Waals surface area (Å²) in [5, 5.41) is 4.05. The molecule has 0 radical (unpaired) electrons. The number of benzene rings is 1. The van der Waals surface area contributed by atoms with Crippen LogP contribution in [-0.4, -0.2) is 19.6 Å². The minimum absolute atomic E-state index is 0.156. The quantitative estimate of drug-likeness (QED) is 0.442. The third-order valence-electron chi connectivity index (χ3n) is 5.76. The van der Waals surface area contributed by atoms with Crippen molar-refractivity contribution in [1.29, 1.82) is 0 Å². The van der Waals surface area contributed by atoms with E-state index in [9.17, 15) is 4.39 Å². The molecule has 5 rings (SSSR count). The van der Waals surface area contributed by atoms with Gasteiger partial charge in [0.15, 0.2) is 5.11 Å². The predicted octanol–water partition coefficient (Wildman–Crippen LogP) is 4.95. The van der Waals surface area contributed by atoms with Crippen LogP contribution in [-0.2, 0) is 6.54 Å². The Morgan fingerprint density at radius 2 is 1.97 bits per heavy atom. The van der Waals surface area contributed by atoms with E-state index in [4.69, 9.17) is 12.2 Å². The molecule has 4 aromatic rings. The van der Waals surface area contributed by atoms with Gasteiger partial charge in [-0.1, -0.05) is 12.1 Å². The summed E-state index contributed by atoms with van der Waals surface area (Å²) >= 11 is 5.77. The van der Waals surface area contributed by atoms with Crippen LogP contribution >= 0.6 is 12.2 Å². The van der Waals surface area contributed by atoms with Crippen LogP contribution in [0.15, 0.2) is 85.5 Å². The summed E-state index contributed by atoms with van der Waals surface area (Å²) in [5.41, 5.74) is 4.52. The molecule has 160 valence electrons. The van der Waals surface area contributed by atoms with Crippen LogP contribution in [0, 0.1) is 12.7 Å². The van der Waals surface area contributed by atoms with Gasteiger partial charge in [-0.25, -0.2) is 4.39 Å². The zero-order valence-corrected chi connectivity index (χ0v) is 18.3. The lowest BCUT2D eigenvalue weighted by molar-refractivity contribution is 0.533. The van der Waals surface area contributed by atoms with Crippen molar-refractivity contribution in [3.63, 3.8) is 0 Å². The van der Waals surface area contributed by atoms with E-state index in [-0.39, 0.29) is 17.9 Å². The number of aromatic nitrogens is 3. The van der Waals surface area contributed by atoms with Crippen molar-refractivity contribution in [3.8, 4) is 0 Å². The molecule has 1 N–H and O–H groups in total. The summed E-state index contributed by atoms with van der Waals surface area (Å²) < 4.78 is 16.2. The van der Waals surface area contributed by atoms with Crippen molar-refractivity contribution in [2.75, 3.05) is 4.90 Å². The maximum atomic E-state index is 14.0. The van der Waals surface area contributed by atoms with Gasteiger partial charge in [-0.05, 0) is 78.8 Å². The number of aryl methyl sites for hydroxylation is 1. The molecule has 0 aliphatic carbocycles. The molecule has 1 aliphatic heterocycles. The number of pyridine rings is 2. The third kappa shape index (κ3) is 3.76. The van der Waals surface area contributed by atoms with Gasteiger partial charge in [-0.2, -0.15) is 0 Å². The summed E-state index contributed by atoms with van der Waals surface area (Å²) in [6, 6.07) is 18.8. The van der Waals surface area contributed by atoms with E-state index in [1.807, 2.05) is 42.6 Å². The first-order valence-corrected chi connectivity index (χ1v) is 10.8. The second-order valence-corrected chi connectivity index (χ2v) is 8.24. The van der Waals surface area contributed by atoms with Crippen LogP contribution in [0.1, 0.15) is 34.6 Å². The van der Waals surface area contributed by atoms with Crippen LogP contribution in [0.25, 0.3) is 0 Å². The topological polar surface area (TPSA) is 46.0 Å². The fourth-order valence-electron chi connectivity index (χ4n) is 4.24. The Morgan fingerprint density at radius 1 is 1.06 bits per heavy atom. The molecule has 0 unspecified atom stereocenters. The molecular weight excluding hydrogens is 421 g/mol. The van der Waals surface area contributed by atoms with Crippen LogP contribution in [0.3, 0.4) is 0 Å². The molecule has 0 bridgehead atoms. The number of nitrogens with zero attached hydrogens (tertiary/aromatic N) is 4. The molecule has 7 heteroatoms. The Balaban J connectivity index is 1.61. The Kier molecular flexibility index (Phi) is 5.41. The Labute approximate surface area is 191 Å². The Hall–Kier alpha value is -3.58. The Bertz CT molecular complexity index is 1240. The summed E-state index contributed by atoms with van der Waals surface area (Å²) in [6.45, 7) is 2.45. The molecule has 2 atom stereocenters. The van der Waals surface area contributed by atoms with Crippen molar-refractivity contribution < 1.29 is 4.39 Å². The summed E-state index contributed by atoms with van der Waals surface area (Å²) in [7, 11) is 0.